The number of aromatic amines is 1. The van der Waals surface area contributed by atoms with Crippen LogP contribution in [0.4, 0.5) is 5.69 Å². The third kappa shape index (κ3) is 2.02. The molecular weight excluding hydrogens is 270 g/mol. The number of hydrogen-bond donors (Lipinski definition) is 2. The number of fused-ring (bicyclic) bond motifs is 1. The van der Waals surface area contributed by atoms with Crippen LogP contribution in [0, 0.1) is 0 Å². The fourth-order valence-electron chi connectivity index (χ4n) is 2.70. The Labute approximate surface area is 120 Å². The van der Waals surface area contributed by atoms with Crippen LogP contribution in [-0.4, -0.2) is 51.4 Å². The Bertz CT molecular complexity index is 759. The number of nitrogens with one attached hydrogen (secondary N) is 1. The lowest BCUT2D eigenvalue weighted by Crippen LogP contribution is -2.36. The predicted molar refractivity (Wildman–Crippen MR) is 77.5 cm³/mol. The van der Waals surface area contributed by atoms with E-state index < -0.39 is 0 Å². The van der Waals surface area contributed by atoms with Gasteiger partial charge in [-0.25, -0.2) is 4.98 Å². The number of H-pyrrole nitrogens is 1. The minimum atomic E-state index is 0.545. The van der Waals surface area contributed by atoms with Gasteiger partial charge >= 0.3 is 0 Å². The molecule has 2 N–H and O–H groups in total. The summed E-state index contributed by atoms with van der Waals surface area (Å²) in [7, 11) is 0. The average molecular weight is 285 g/mol. The molecule has 21 heavy (non-hydrogen) atoms. The largest absolute Gasteiger partial charge is 0.427 e. The number of ether oxygens (including phenoxy) is 1. The van der Waals surface area contributed by atoms with Crippen LogP contribution < -0.4 is 4.90 Å². The Kier molecular flexibility index (Phi) is 2.78. The molecule has 3 aromatic heterocycles. The monoisotopic (exact) mass is 285 g/mol. The van der Waals surface area contributed by atoms with Crippen molar-refractivity contribution in [1.82, 2.24) is 19.9 Å². The van der Waals surface area contributed by atoms with Crippen molar-refractivity contribution in [2.45, 2.75) is 0 Å². The SMILES string of the molecule is On1cc(-c2cn[nH]c2)c2cc(N3CCOCC3)cnc21. The van der Waals surface area contributed by atoms with E-state index >= 15 is 0 Å². The second-order valence-corrected chi connectivity index (χ2v) is 5.04. The van der Waals surface area contributed by atoms with Crippen LogP contribution >= 0.6 is 0 Å². The number of morpholine rings is 1. The standard InChI is InChI=1S/C14H15N5O2/c20-19-9-13(10-6-16-17-7-10)12-5-11(8-15-14(12)19)18-1-3-21-4-2-18/h5-9,20H,1-4H2,(H,16,17). The van der Waals surface area contributed by atoms with E-state index in [0.717, 1.165) is 53.2 Å². The first-order chi connectivity index (χ1) is 10.3. The first-order valence-electron chi connectivity index (χ1n) is 6.85. The van der Waals surface area contributed by atoms with Gasteiger partial charge in [0.15, 0.2) is 5.65 Å². The summed E-state index contributed by atoms with van der Waals surface area (Å²) in [6, 6.07) is 2.06. The molecule has 4 rings (SSSR count). The molecule has 108 valence electrons. The molecule has 0 unspecified atom stereocenters. The zero-order valence-corrected chi connectivity index (χ0v) is 11.4. The Morgan fingerprint density at radius 1 is 1.24 bits per heavy atom. The van der Waals surface area contributed by atoms with Crippen molar-refractivity contribution in [1.29, 1.82) is 0 Å². The minimum absolute atomic E-state index is 0.545. The summed E-state index contributed by atoms with van der Waals surface area (Å²) >= 11 is 0. The molecule has 0 spiro atoms. The van der Waals surface area contributed by atoms with Gasteiger partial charge in [-0.3, -0.25) is 5.10 Å². The maximum Gasteiger partial charge on any atom is 0.175 e. The maximum absolute atomic E-state index is 9.98. The summed E-state index contributed by atoms with van der Waals surface area (Å²) in [5, 5.41) is 17.6. The highest BCUT2D eigenvalue weighted by Gasteiger charge is 2.16. The molecule has 0 aromatic carbocycles. The van der Waals surface area contributed by atoms with Gasteiger partial charge in [-0.15, -0.1) is 0 Å². The molecule has 0 amide bonds. The van der Waals surface area contributed by atoms with Crippen molar-refractivity contribution in [3.8, 4) is 11.1 Å². The molecule has 7 nitrogen and oxygen atoms in total. The molecule has 1 fully saturated rings. The summed E-state index contributed by atoms with van der Waals surface area (Å²) in [4.78, 5) is 6.63. The van der Waals surface area contributed by atoms with Gasteiger partial charge in [0.05, 0.1) is 37.5 Å². The van der Waals surface area contributed by atoms with Crippen molar-refractivity contribution >= 4 is 16.7 Å². The van der Waals surface area contributed by atoms with E-state index in [4.69, 9.17) is 4.74 Å². The fraction of sp³-hybridized carbons (Fsp3) is 0.286. The van der Waals surface area contributed by atoms with Crippen LogP contribution in [0.1, 0.15) is 0 Å². The van der Waals surface area contributed by atoms with Crippen LogP contribution in [0.2, 0.25) is 0 Å². The first-order valence-corrected chi connectivity index (χ1v) is 6.85. The summed E-state index contributed by atoms with van der Waals surface area (Å²) in [5.74, 6) is 0. The summed E-state index contributed by atoms with van der Waals surface area (Å²) in [6.07, 6.45) is 6.98. The van der Waals surface area contributed by atoms with Gasteiger partial charge < -0.3 is 14.8 Å². The Balaban J connectivity index is 1.84. The fourth-order valence-corrected chi connectivity index (χ4v) is 2.70. The van der Waals surface area contributed by atoms with E-state index in [2.05, 4.69) is 26.1 Å². The Morgan fingerprint density at radius 2 is 2.10 bits per heavy atom. The zero-order valence-electron chi connectivity index (χ0n) is 11.4. The highest BCUT2D eigenvalue weighted by molar-refractivity contribution is 5.95. The van der Waals surface area contributed by atoms with E-state index in [-0.39, 0.29) is 0 Å². The van der Waals surface area contributed by atoms with Gasteiger partial charge in [0.1, 0.15) is 0 Å². The van der Waals surface area contributed by atoms with Crippen LogP contribution in [0.25, 0.3) is 22.2 Å². The number of pyridine rings is 1. The van der Waals surface area contributed by atoms with E-state index in [1.807, 2.05) is 0 Å². The lowest BCUT2D eigenvalue weighted by atomic mass is 10.1. The van der Waals surface area contributed by atoms with Gasteiger partial charge in [0, 0.05) is 35.8 Å². The molecule has 0 saturated carbocycles. The smallest absolute Gasteiger partial charge is 0.175 e. The van der Waals surface area contributed by atoms with E-state index in [1.54, 1.807) is 24.8 Å². The van der Waals surface area contributed by atoms with E-state index in [0.29, 0.717) is 5.65 Å². The molecule has 1 aliphatic heterocycles. The van der Waals surface area contributed by atoms with Crippen LogP contribution in [-0.2, 0) is 4.74 Å². The Morgan fingerprint density at radius 3 is 2.86 bits per heavy atom. The highest BCUT2D eigenvalue weighted by atomic mass is 16.5. The van der Waals surface area contributed by atoms with Gasteiger partial charge in [-0.05, 0) is 6.07 Å². The van der Waals surface area contributed by atoms with Crippen molar-refractivity contribution in [3.05, 3.63) is 30.9 Å². The molecule has 0 radical (unpaired) electrons. The molecule has 1 saturated heterocycles. The normalized spacial score (nSPS) is 15.7. The first kappa shape index (κ1) is 12.2. The molecular formula is C14H15N5O2. The minimum Gasteiger partial charge on any atom is -0.427 e. The molecule has 0 aliphatic carbocycles. The van der Waals surface area contributed by atoms with Gasteiger partial charge in [-0.1, -0.05) is 0 Å². The number of anilines is 1. The second-order valence-electron chi connectivity index (χ2n) is 5.04. The third-order valence-electron chi connectivity index (χ3n) is 3.80. The van der Waals surface area contributed by atoms with Gasteiger partial charge in [0.25, 0.3) is 0 Å². The lowest BCUT2D eigenvalue weighted by molar-refractivity contribution is 0.122. The molecule has 0 bridgehead atoms. The van der Waals surface area contributed by atoms with Crippen LogP contribution in [0.15, 0.2) is 30.9 Å². The third-order valence-corrected chi connectivity index (χ3v) is 3.80. The van der Waals surface area contributed by atoms with E-state index in [1.165, 1.54) is 0 Å². The number of rotatable bonds is 2. The average Bonchev–Trinajstić information content (AvgIpc) is 3.16. The van der Waals surface area contributed by atoms with Crippen LogP contribution in [0.5, 0.6) is 0 Å². The highest BCUT2D eigenvalue weighted by Crippen LogP contribution is 2.31. The van der Waals surface area contributed by atoms with Crippen molar-refractivity contribution in [2.75, 3.05) is 31.2 Å². The summed E-state index contributed by atoms with van der Waals surface area (Å²) in [6.45, 7) is 3.17. The van der Waals surface area contributed by atoms with Crippen LogP contribution in [0.3, 0.4) is 0 Å². The zero-order chi connectivity index (χ0) is 14.2. The van der Waals surface area contributed by atoms with E-state index in [9.17, 15) is 5.21 Å². The lowest BCUT2D eigenvalue weighted by Gasteiger charge is -2.28. The second kappa shape index (κ2) is 4.78. The number of aromatic nitrogens is 4. The molecule has 3 aromatic rings. The summed E-state index contributed by atoms with van der Waals surface area (Å²) in [5.41, 5.74) is 3.42. The molecule has 1 aliphatic rings. The molecule has 7 heteroatoms. The topological polar surface area (TPSA) is 79.2 Å². The predicted octanol–water partition coefficient (Wildman–Crippen LogP) is 1.50. The Hall–Kier alpha value is -2.54. The number of hydrogen-bond acceptors (Lipinski definition) is 5. The van der Waals surface area contributed by atoms with Crippen molar-refractivity contribution in [2.24, 2.45) is 0 Å². The molecule has 0 atom stereocenters. The maximum atomic E-state index is 9.98. The van der Waals surface area contributed by atoms with Crippen molar-refractivity contribution in [3.63, 3.8) is 0 Å². The molecule has 4 heterocycles. The van der Waals surface area contributed by atoms with Gasteiger partial charge in [0.2, 0.25) is 0 Å². The van der Waals surface area contributed by atoms with Gasteiger partial charge in [-0.2, -0.15) is 9.83 Å². The summed E-state index contributed by atoms with van der Waals surface area (Å²) < 4.78 is 6.43. The van der Waals surface area contributed by atoms with Crippen molar-refractivity contribution < 1.29 is 9.94 Å². The quantitative estimate of drug-likeness (QED) is 0.698. The number of nitrogens with zero attached hydrogens (tertiary/aromatic N) is 4.